The van der Waals surface area contributed by atoms with E-state index in [2.05, 4.69) is 13.8 Å². The highest BCUT2D eigenvalue weighted by Crippen LogP contribution is 2.25. The number of aldehydes is 1. The summed E-state index contributed by atoms with van der Waals surface area (Å²) in [6, 6.07) is 23.6. The van der Waals surface area contributed by atoms with Crippen molar-refractivity contribution >= 4 is 12.3 Å². The van der Waals surface area contributed by atoms with Crippen LogP contribution in [0.25, 0.3) is 16.8 Å². The van der Waals surface area contributed by atoms with Crippen molar-refractivity contribution in [2.75, 3.05) is 0 Å². The fourth-order valence-corrected chi connectivity index (χ4v) is 4.30. The van der Waals surface area contributed by atoms with Gasteiger partial charge in [-0.3, -0.25) is 13.9 Å². The first-order valence-corrected chi connectivity index (χ1v) is 11.7. The number of carbonyl (C=O) groups is 2. The molecule has 0 unspecified atom stereocenters. The largest absolute Gasteiger partial charge is 0.478 e. The molecule has 4 rings (SSSR count). The second-order valence-corrected chi connectivity index (χ2v) is 8.97. The molecule has 0 amide bonds. The van der Waals surface area contributed by atoms with E-state index in [1.165, 1.54) is 4.57 Å². The summed E-state index contributed by atoms with van der Waals surface area (Å²) in [5.41, 5.74) is 4.06. The lowest BCUT2D eigenvalue weighted by molar-refractivity contribution is 0.0697. The standard InChI is InChI=1S/C29H28N2O4/c1-20(2)12-17-26-27(19-32)31(23-8-4-3-5-9-23)29(35)30(26)18-21-13-15-22(16-14-21)24-10-6-7-11-25(24)28(33)34/h3-11,13-16,19-20H,12,17-18H2,1-2H3,(H,33,34). The molecular formula is C29H28N2O4. The number of nitrogens with zero attached hydrogens (tertiary/aromatic N) is 2. The Bertz CT molecular complexity index is 1400. The van der Waals surface area contributed by atoms with Crippen LogP contribution in [0.15, 0.2) is 83.7 Å². The molecule has 0 fully saturated rings. The Balaban J connectivity index is 1.75. The summed E-state index contributed by atoms with van der Waals surface area (Å²) >= 11 is 0. The molecule has 178 valence electrons. The first kappa shape index (κ1) is 24.0. The van der Waals surface area contributed by atoms with E-state index >= 15 is 0 Å². The Labute approximate surface area is 204 Å². The summed E-state index contributed by atoms with van der Waals surface area (Å²) in [5, 5.41) is 9.50. The Hall–Kier alpha value is -4.19. The minimum absolute atomic E-state index is 0.239. The average Bonchev–Trinajstić information content (AvgIpc) is 3.14. The molecule has 1 N–H and O–H groups in total. The van der Waals surface area contributed by atoms with Gasteiger partial charge in [-0.15, -0.1) is 0 Å². The molecule has 35 heavy (non-hydrogen) atoms. The fourth-order valence-electron chi connectivity index (χ4n) is 4.30. The highest BCUT2D eigenvalue weighted by molar-refractivity contribution is 5.96. The van der Waals surface area contributed by atoms with Crippen LogP contribution < -0.4 is 5.69 Å². The topological polar surface area (TPSA) is 81.3 Å². The van der Waals surface area contributed by atoms with E-state index in [0.717, 1.165) is 29.5 Å². The van der Waals surface area contributed by atoms with Gasteiger partial charge in [-0.05, 0) is 53.6 Å². The van der Waals surface area contributed by atoms with Crippen LogP contribution >= 0.6 is 0 Å². The average molecular weight is 469 g/mol. The zero-order valence-electron chi connectivity index (χ0n) is 19.8. The lowest BCUT2D eigenvalue weighted by Crippen LogP contribution is -2.25. The van der Waals surface area contributed by atoms with Crippen molar-refractivity contribution in [3.05, 3.63) is 112 Å². The van der Waals surface area contributed by atoms with Gasteiger partial charge in [0, 0.05) is 0 Å². The summed E-state index contributed by atoms with van der Waals surface area (Å²) in [6.07, 6.45) is 2.24. The lowest BCUT2D eigenvalue weighted by Gasteiger charge is -2.11. The smallest absolute Gasteiger partial charge is 0.336 e. The monoisotopic (exact) mass is 468 g/mol. The first-order valence-electron chi connectivity index (χ1n) is 11.7. The van der Waals surface area contributed by atoms with Gasteiger partial charge >= 0.3 is 11.7 Å². The van der Waals surface area contributed by atoms with Crippen molar-refractivity contribution in [3.63, 3.8) is 0 Å². The molecule has 0 saturated heterocycles. The molecule has 0 radical (unpaired) electrons. The van der Waals surface area contributed by atoms with Gasteiger partial charge in [0.2, 0.25) is 0 Å². The molecule has 6 heteroatoms. The molecule has 0 spiro atoms. The van der Waals surface area contributed by atoms with Crippen LogP contribution in [0.1, 0.15) is 52.4 Å². The number of carboxylic acid groups (broad SMARTS) is 1. The van der Waals surface area contributed by atoms with Crippen LogP contribution in [0, 0.1) is 5.92 Å². The Morgan fingerprint density at radius 3 is 2.23 bits per heavy atom. The van der Waals surface area contributed by atoms with Crippen molar-refractivity contribution in [2.24, 2.45) is 5.92 Å². The van der Waals surface area contributed by atoms with E-state index < -0.39 is 5.97 Å². The van der Waals surface area contributed by atoms with E-state index in [1.54, 1.807) is 22.8 Å². The quantitative estimate of drug-likeness (QED) is 0.331. The van der Waals surface area contributed by atoms with Crippen molar-refractivity contribution in [2.45, 2.75) is 33.2 Å². The van der Waals surface area contributed by atoms with E-state index in [9.17, 15) is 19.5 Å². The predicted molar refractivity (Wildman–Crippen MR) is 137 cm³/mol. The van der Waals surface area contributed by atoms with Crippen molar-refractivity contribution in [1.29, 1.82) is 0 Å². The minimum atomic E-state index is -0.977. The van der Waals surface area contributed by atoms with Gasteiger partial charge in [0.1, 0.15) is 5.69 Å². The Kier molecular flexibility index (Phi) is 7.11. The number of carboxylic acids is 1. The Morgan fingerprint density at radius 2 is 1.60 bits per heavy atom. The summed E-state index contributed by atoms with van der Waals surface area (Å²) in [4.78, 5) is 37.3. The normalized spacial score (nSPS) is 11.1. The molecule has 1 aromatic heterocycles. The van der Waals surface area contributed by atoms with Crippen LogP contribution in [0.3, 0.4) is 0 Å². The maximum Gasteiger partial charge on any atom is 0.336 e. The number of imidazole rings is 1. The zero-order valence-corrected chi connectivity index (χ0v) is 19.8. The van der Waals surface area contributed by atoms with Crippen molar-refractivity contribution in [1.82, 2.24) is 9.13 Å². The molecule has 4 aromatic rings. The number of para-hydroxylation sites is 1. The third-order valence-electron chi connectivity index (χ3n) is 6.13. The number of hydrogen-bond donors (Lipinski definition) is 1. The Morgan fingerprint density at radius 1 is 0.943 bits per heavy atom. The first-order chi connectivity index (χ1) is 16.9. The maximum atomic E-state index is 13.5. The van der Waals surface area contributed by atoms with Crippen LogP contribution in [0.5, 0.6) is 0 Å². The van der Waals surface area contributed by atoms with Crippen molar-refractivity contribution < 1.29 is 14.7 Å². The van der Waals surface area contributed by atoms with E-state index in [4.69, 9.17) is 0 Å². The molecule has 0 aliphatic heterocycles. The van der Waals surface area contributed by atoms with Crippen LogP contribution in [0.4, 0.5) is 0 Å². The van der Waals surface area contributed by atoms with Gasteiger partial charge in [-0.2, -0.15) is 0 Å². The lowest BCUT2D eigenvalue weighted by atomic mass is 9.98. The molecule has 6 nitrogen and oxygen atoms in total. The molecule has 1 heterocycles. The summed E-state index contributed by atoms with van der Waals surface area (Å²) in [6.45, 7) is 4.55. The summed E-state index contributed by atoms with van der Waals surface area (Å²) < 4.78 is 3.17. The predicted octanol–water partition coefficient (Wildman–Crippen LogP) is 5.45. The number of aromatic carboxylic acids is 1. The highest BCUT2D eigenvalue weighted by atomic mass is 16.4. The van der Waals surface area contributed by atoms with Gasteiger partial charge in [0.25, 0.3) is 0 Å². The SMILES string of the molecule is CC(C)CCc1c(C=O)n(-c2ccccc2)c(=O)n1Cc1ccc(-c2ccccc2C(=O)O)cc1. The number of rotatable bonds is 9. The maximum absolute atomic E-state index is 13.5. The van der Waals surface area contributed by atoms with E-state index in [0.29, 0.717) is 35.8 Å². The molecule has 0 atom stereocenters. The fraction of sp³-hybridized carbons (Fsp3) is 0.207. The third kappa shape index (κ3) is 5.01. The van der Waals surface area contributed by atoms with Gasteiger partial charge in [0.15, 0.2) is 6.29 Å². The van der Waals surface area contributed by atoms with Crippen LogP contribution in [-0.2, 0) is 13.0 Å². The summed E-state index contributed by atoms with van der Waals surface area (Å²) in [7, 11) is 0. The van der Waals surface area contributed by atoms with Crippen LogP contribution in [0.2, 0.25) is 0 Å². The molecule has 0 aliphatic rings. The van der Waals surface area contributed by atoms with E-state index in [1.807, 2.05) is 60.7 Å². The van der Waals surface area contributed by atoms with Gasteiger partial charge in [0.05, 0.1) is 23.5 Å². The second-order valence-electron chi connectivity index (χ2n) is 8.97. The molecular weight excluding hydrogens is 440 g/mol. The highest BCUT2D eigenvalue weighted by Gasteiger charge is 2.21. The molecule has 0 bridgehead atoms. The number of hydrogen-bond acceptors (Lipinski definition) is 3. The zero-order chi connectivity index (χ0) is 24.9. The number of benzene rings is 3. The number of carbonyl (C=O) groups excluding carboxylic acids is 1. The van der Waals surface area contributed by atoms with E-state index in [-0.39, 0.29) is 11.3 Å². The van der Waals surface area contributed by atoms with Gasteiger partial charge < -0.3 is 5.11 Å². The summed E-state index contributed by atoms with van der Waals surface area (Å²) in [5.74, 6) is -0.554. The van der Waals surface area contributed by atoms with Crippen LogP contribution in [-0.4, -0.2) is 26.5 Å². The van der Waals surface area contributed by atoms with Crippen molar-refractivity contribution in [3.8, 4) is 16.8 Å². The molecule has 0 saturated carbocycles. The second kappa shape index (κ2) is 10.4. The van der Waals surface area contributed by atoms with Gasteiger partial charge in [-0.25, -0.2) is 9.59 Å². The third-order valence-corrected chi connectivity index (χ3v) is 6.13. The molecule has 3 aromatic carbocycles. The van der Waals surface area contributed by atoms with Gasteiger partial charge in [-0.1, -0.05) is 74.5 Å². The number of aromatic nitrogens is 2. The minimum Gasteiger partial charge on any atom is -0.478 e. The molecule has 0 aliphatic carbocycles.